The van der Waals surface area contributed by atoms with E-state index in [-0.39, 0.29) is 16.9 Å². The predicted molar refractivity (Wildman–Crippen MR) is 102 cm³/mol. The number of likely N-dealkylation sites (tertiary alicyclic amines) is 1. The fourth-order valence-corrected chi connectivity index (χ4v) is 4.47. The van der Waals surface area contributed by atoms with Crippen molar-refractivity contribution in [2.24, 2.45) is 0 Å². The van der Waals surface area contributed by atoms with Crippen molar-refractivity contribution in [2.45, 2.75) is 32.1 Å². The molecule has 1 amide bonds. The number of anilines is 1. The number of piperidine rings is 1. The van der Waals surface area contributed by atoms with Gasteiger partial charge in [0.25, 0.3) is 5.91 Å². The third-order valence-electron chi connectivity index (χ3n) is 6.15. The van der Waals surface area contributed by atoms with Gasteiger partial charge in [-0.2, -0.15) is 0 Å². The molecule has 3 nitrogen and oxygen atoms in total. The predicted octanol–water partition coefficient (Wildman–Crippen LogP) is 4.29. The van der Waals surface area contributed by atoms with Crippen molar-refractivity contribution >= 4 is 11.6 Å². The van der Waals surface area contributed by atoms with E-state index in [2.05, 4.69) is 24.8 Å². The monoisotopic (exact) mass is 370 g/mol. The summed E-state index contributed by atoms with van der Waals surface area (Å²) in [6.45, 7) is 7.89. The van der Waals surface area contributed by atoms with E-state index in [0.29, 0.717) is 6.54 Å². The maximum atomic E-state index is 13.7. The summed E-state index contributed by atoms with van der Waals surface area (Å²) in [4.78, 5) is 17.3. The number of amides is 1. The van der Waals surface area contributed by atoms with Crippen molar-refractivity contribution in [1.29, 1.82) is 0 Å². The molecule has 0 atom stereocenters. The first-order valence-corrected chi connectivity index (χ1v) is 9.54. The fourth-order valence-electron chi connectivity index (χ4n) is 4.47. The van der Waals surface area contributed by atoms with Crippen molar-refractivity contribution in [2.75, 3.05) is 31.1 Å². The summed E-state index contributed by atoms with van der Waals surface area (Å²) in [5.41, 5.74) is 3.42. The standard InChI is InChI=1S/C22H24F2N2O/c1-3-25-10-8-22(9-11-25)14-26(20-7-4-15(2)12-17(20)22)21(27)16-5-6-18(23)19(24)13-16/h4-7,12-13H,3,8-11,14H2,1-2H3. The zero-order valence-electron chi connectivity index (χ0n) is 15.8. The molecule has 2 aliphatic heterocycles. The first-order chi connectivity index (χ1) is 12.9. The number of nitrogens with zero attached hydrogens (tertiary/aromatic N) is 2. The Morgan fingerprint density at radius 3 is 2.48 bits per heavy atom. The topological polar surface area (TPSA) is 23.6 Å². The third-order valence-corrected chi connectivity index (χ3v) is 6.15. The van der Waals surface area contributed by atoms with Crippen LogP contribution >= 0.6 is 0 Å². The highest BCUT2D eigenvalue weighted by atomic mass is 19.2. The summed E-state index contributed by atoms with van der Waals surface area (Å²) in [5, 5.41) is 0. The number of fused-ring (bicyclic) bond motifs is 2. The number of benzene rings is 2. The average Bonchev–Trinajstić information content (AvgIpc) is 2.97. The molecule has 2 aromatic carbocycles. The number of aryl methyl sites for hydroxylation is 1. The Hall–Kier alpha value is -2.27. The fraction of sp³-hybridized carbons (Fsp3) is 0.409. The molecule has 0 bridgehead atoms. The summed E-state index contributed by atoms with van der Waals surface area (Å²) in [6.07, 6.45) is 2.00. The van der Waals surface area contributed by atoms with Gasteiger partial charge < -0.3 is 9.80 Å². The minimum Gasteiger partial charge on any atom is -0.307 e. The van der Waals surface area contributed by atoms with E-state index in [1.54, 1.807) is 4.90 Å². The normalized spacial score (nSPS) is 18.7. The SMILES string of the molecule is CCN1CCC2(CC1)CN(C(=O)c1ccc(F)c(F)c1)c1ccc(C)cc12. The molecule has 142 valence electrons. The summed E-state index contributed by atoms with van der Waals surface area (Å²) in [6, 6.07) is 9.56. The maximum Gasteiger partial charge on any atom is 0.258 e. The molecule has 2 aromatic rings. The second-order valence-corrected chi connectivity index (χ2v) is 7.76. The Labute approximate surface area is 158 Å². The van der Waals surface area contributed by atoms with Crippen molar-refractivity contribution in [3.8, 4) is 0 Å². The third kappa shape index (κ3) is 3.04. The second kappa shape index (κ2) is 6.71. The highest BCUT2D eigenvalue weighted by Gasteiger charge is 2.46. The number of carbonyl (C=O) groups is 1. The van der Waals surface area contributed by atoms with Gasteiger partial charge in [0.15, 0.2) is 11.6 Å². The summed E-state index contributed by atoms with van der Waals surface area (Å²) in [5.74, 6) is -2.20. The van der Waals surface area contributed by atoms with Gasteiger partial charge in [0.1, 0.15) is 0 Å². The molecule has 27 heavy (non-hydrogen) atoms. The molecule has 0 saturated carbocycles. The zero-order valence-corrected chi connectivity index (χ0v) is 15.8. The van der Waals surface area contributed by atoms with E-state index >= 15 is 0 Å². The zero-order chi connectivity index (χ0) is 19.2. The lowest BCUT2D eigenvalue weighted by molar-refractivity contribution is 0.0976. The summed E-state index contributed by atoms with van der Waals surface area (Å²) in [7, 11) is 0. The van der Waals surface area contributed by atoms with Crippen LogP contribution in [0.4, 0.5) is 14.5 Å². The quantitative estimate of drug-likeness (QED) is 0.787. The molecule has 0 aliphatic carbocycles. The smallest absolute Gasteiger partial charge is 0.258 e. The lowest BCUT2D eigenvalue weighted by Gasteiger charge is -2.39. The molecule has 2 heterocycles. The highest BCUT2D eigenvalue weighted by Crippen LogP contribution is 2.47. The summed E-state index contributed by atoms with van der Waals surface area (Å²) < 4.78 is 26.9. The van der Waals surface area contributed by atoms with E-state index in [1.807, 2.05) is 12.1 Å². The van der Waals surface area contributed by atoms with Gasteiger partial charge >= 0.3 is 0 Å². The van der Waals surface area contributed by atoms with Gasteiger partial charge in [-0.05, 0) is 69.2 Å². The van der Waals surface area contributed by atoms with Crippen LogP contribution in [0.15, 0.2) is 36.4 Å². The number of carbonyl (C=O) groups excluding carboxylic acids is 1. The second-order valence-electron chi connectivity index (χ2n) is 7.76. The average molecular weight is 370 g/mol. The van der Waals surface area contributed by atoms with Gasteiger partial charge in [-0.25, -0.2) is 8.78 Å². The molecule has 1 spiro atoms. The maximum absolute atomic E-state index is 13.7. The molecule has 0 aromatic heterocycles. The molecule has 0 unspecified atom stereocenters. The Bertz CT molecular complexity index is 888. The minimum absolute atomic E-state index is 0.0543. The van der Waals surface area contributed by atoms with Crippen LogP contribution in [0.5, 0.6) is 0 Å². The van der Waals surface area contributed by atoms with Crippen molar-refractivity contribution in [1.82, 2.24) is 4.90 Å². The van der Waals surface area contributed by atoms with Crippen LogP contribution in [0, 0.1) is 18.6 Å². The van der Waals surface area contributed by atoms with Crippen LogP contribution < -0.4 is 4.90 Å². The Morgan fingerprint density at radius 1 is 1.07 bits per heavy atom. The van der Waals surface area contributed by atoms with E-state index in [4.69, 9.17) is 0 Å². The van der Waals surface area contributed by atoms with Gasteiger partial charge in [0.2, 0.25) is 0 Å². The Kier molecular flexibility index (Phi) is 4.50. The van der Waals surface area contributed by atoms with Crippen LogP contribution in [0.25, 0.3) is 0 Å². The molecule has 0 radical (unpaired) electrons. The number of hydrogen-bond acceptors (Lipinski definition) is 2. The Balaban J connectivity index is 1.71. The van der Waals surface area contributed by atoms with Gasteiger partial charge in [0.05, 0.1) is 0 Å². The first kappa shape index (κ1) is 18.1. The van der Waals surface area contributed by atoms with E-state index in [9.17, 15) is 13.6 Å². The first-order valence-electron chi connectivity index (χ1n) is 9.54. The molecule has 2 aliphatic rings. The lowest BCUT2D eigenvalue weighted by atomic mass is 9.74. The Morgan fingerprint density at radius 2 is 1.81 bits per heavy atom. The summed E-state index contributed by atoms with van der Waals surface area (Å²) >= 11 is 0. The van der Waals surface area contributed by atoms with Crippen LogP contribution in [-0.2, 0) is 5.41 Å². The van der Waals surface area contributed by atoms with Crippen LogP contribution in [0.3, 0.4) is 0 Å². The highest BCUT2D eigenvalue weighted by molar-refractivity contribution is 6.07. The van der Waals surface area contributed by atoms with Crippen LogP contribution in [0.1, 0.15) is 41.3 Å². The van der Waals surface area contributed by atoms with Gasteiger partial charge in [-0.15, -0.1) is 0 Å². The molecule has 1 saturated heterocycles. The molecular formula is C22H24F2N2O. The van der Waals surface area contributed by atoms with Crippen molar-refractivity contribution in [3.63, 3.8) is 0 Å². The van der Waals surface area contributed by atoms with Crippen LogP contribution in [0.2, 0.25) is 0 Å². The van der Waals surface area contributed by atoms with E-state index in [0.717, 1.165) is 50.3 Å². The minimum atomic E-state index is -0.991. The molecule has 0 N–H and O–H groups in total. The largest absolute Gasteiger partial charge is 0.307 e. The molecule has 5 heteroatoms. The number of hydrogen-bond donors (Lipinski definition) is 0. The molecule has 1 fully saturated rings. The van der Waals surface area contributed by atoms with Gasteiger partial charge in [-0.3, -0.25) is 4.79 Å². The molecular weight excluding hydrogens is 346 g/mol. The van der Waals surface area contributed by atoms with E-state index in [1.165, 1.54) is 17.2 Å². The van der Waals surface area contributed by atoms with Crippen molar-refractivity contribution < 1.29 is 13.6 Å². The lowest BCUT2D eigenvalue weighted by Crippen LogP contribution is -2.46. The van der Waals surface area contributed by atoms with Gasteiger partial charge in [0, 0.05) is 23.2 Å². The van der Waals surface area contributed by atoms with E-state index < -0.39 is 11.6 Å². The molecule has 4 rings (SSSR count). The number of halogens is 2. The van der Waals surface area contributed by atoms with Crippen LogP contribution in [-0.4, -0.2) is 37.0 Å². The van der Waals surface area contributed by atoms with Gasteiger partial charge in [-0.1, -0.05) is 24.6 Å². The van der Waals surface area contributed by atoms with Crippen molar-refractivity contribution in [3.05, 3.63) is 64.7 Å². The number of rotatable bonds is 2.